The average molecular weight is 405 g/mol. The SMILES string of the molecule is COC(=O)[C@@H]1CN(C(=O)COC(=O)Cn2cnc3ccccc3c2=O)CCS1. The van der Waals surface area contributed by atoms with E-state index in [9.17, 15) is 19.2 Å². The lowest BCUT2D eigenvalue weighted by molar-refractivity contribution is -0.153. The van der Waals surface area contributed by atoms with E-state index in [1.54, 1.807) is 24.3 Å². The van der Waals surface area contributed by atoms with Crippen LogP contribution in [0, 0.1) is 0 Å². The first-order chi connectivity index (χ1) is 13.5. The fraction of sp³-hybridized carbons (Fsp3) is 0.389. The second-order valence-electron chi connectivity index (χ2n) is 6.08. The van der Waals surface area contributed by atoms with Crippen LogP contribution in [0.3, 0.4) is 0 Å². The fourth-order valence-electron chi connectivity index (χ4n) is 2.79. The lowest BCUT2D eigenvalue weighted by Crippen LogP contribution is -2.46. The molecular weight excluding hydrogens is 386 g/mol. The summed E-state index contributed by atoms with van der Waals surface area (Å²) in [5, 5.41) is -0.0470. The third kappa shape index (κ3) is 4.50. The average Bonchev–Trinajstić information content (AvgIpc) is 2.73. The number of rotatable bonds is 5. The van der Waals surface area contributed by atoms with E-state index in [1.165, 1.54) is 30.1 Å². The second-order valence-corrected chi connectivity index (χ2v) is 7.39. The summed E-state index contributed by atoms with van der Waals surface area (Å²) < 4.78 is 10.9. The summed E-state index contributed by atoms with van der Waals surface area (Å²) in [4.78, 5) is 53.9. The molecule has 3 rings (SSSR count). The molecule has 1 aromatic heterocycles. The molecule has 0 spiro atoms. The van der Waals surface area contributed by atoms with Gasteiger partial charge in [0.2, 0.25) is 0 Å². The topological polar surface area (TPSA) is 108 Å². The van der Waals surface area contributed by atoms with Crippen LogP contribution in [0.25, 0.3) is 10.9 Å². The van der Waals surface area contributed by atoms with Crippen molar-refractivity contribution in [2.45, 2.75) is 11.8 Å². The van der Waals surface area contributed by atoms with Gasteiger partial charge in [0.05, 0.1) is 24.3 Å². The molecule has 28 heavy (non-hydrogen) atoms. The van der Waals surface area contributed by atoms with E-state index in [-0.39, 0.29) is 24.6 Å². The molecule has 0 bridgehead atoms. The Morgan fingerprint density at radius 1 is 1.29 bits per heavy atom. The van der Waals surface area contributed by atoms with Crippen LogP contribution in [0.1, 0.15) is 0 Å². The fourth-order valence-corrected chi connectivity index (χ4v) is 3.91. The molecule has 1 aliphatic heterocycles. The summed E-state index contributed by atoms with van der Waals surface area (Å²) in [5.41, 5.74) is 0.179. The van der Waals surface area contributed by atoms with Crippen molar-refractivity contribution in [3.8, 4) is 0 Å². The van der Waals surface area contributed by atoms with Gasteiger partial charge in [-0.3, -0.25) is 23.7 Å². The van der Waals surface area contributed by atoms with Gasteiger partial charge >= 0.3 is 11.9 Å². The van der Waals surface area contributed by atoms with Crippen molar-refractivity contribution in [2.75, 3.05) is 32.6 Å². The molecule has 2 heterocycles. The number of benzene rings is 1. The Labute approximate surface area is 164 Å². The number of amides is 1. The van der Waals surface area contributed by atoms with Crippen LogP contribution in [0.2, 0.25) is 0 Å². The first-order valence-electron chi connectivity index (χ1n) is 8.56. The molecule has 1 amide bonds. The third-order valence-corrected chi connectivity index (χ3v) is 5.43. The van der Waals surface area contributed by atoms with Crippen LogP contribution in [0.15, 0.2) is 35.4 Å². The van der Waals surface area contributed by atoms with E-state index in [1.807, 2.05) is 0 Å². The van der Waals surface area contributed by atoms with Crippen molar-refractivity contribution in [2.24, 2.45) is 0 Å². The maximum atomic E-state index is 12.4. The quantitative estimate of drug-likeness (QED) is 0.643. The van der Waals surface area contributed by atoms with Crippen molar-refractivity contribution >= 4 is 40.5 Å². The molecule has 0 aliphatic carbocycles. The number of esters is 2. The molecule has 0 N–H and O–H groups in total. The minimum atomic E-state index is -0.719. The van der Waals surface area contributed by atoms with Crippen molar-refractivity contribution < 1.29 is 23.9 Å². The number of ether oxygens (including phenoxy) is 2. The number of aromatic nitrogens is 2. The summed E-state index contributed by atoms with van der Waals surface area (Å²) in [6.45, 7) is -0.123. The highest BCUT2D eigenvalue weighted by molar-refractivity contribution is 8.00. The van der Waals surface area contributed by atoms with Gasteiger partial charge in [-0.05, 0) is 12.1 Å². The highest BCUT2D eigenvalue weighted by atomic mass is 32.2. The van der Waals surface area contributed by atoms with Gasteiger partial charge in [0.1, 0.15) is 11.8 Å². The minimum absolute atomic E-state index is 0.210. The number of nitrogens with zero attached hydrogens (tertiary/aromatic N) is 3. The lowest BCUT2D eigenvalue weighted by atomic mass is 10.2. The first kappa shape index (κ1) is 19.9. The van der Waals surface area contributed by atoms with Crippen LogP contribution in [0.4, 0.5) is 0 Å². The van der Waals surface area contributed by atoms with Crippen LogP contribution >= 0.6 is 11.8 Å². The van der Waals surface area contributed by atoms with Gasteiger partial charge in [-0.15, -0.1) is 11.8 Å². The number of para-hydroxylation sites is 1. The van der Waals surface area contributed by atoms with E-state index in [0.29, 0.717) is 23.2 Å². The minimum Gasteiger partial charge on any atom is -0.468 e. The molecule has 9 nitrogen and oxygen atoms in total. The maximum Gasteiger partial charge on any atom is 0.326 e. The lowest BCUT2D eigenvalue weighted by Gasteiger charge is -2.30. The molecule has 1 fully saturated rings. The third-order valence-electron chi connectivity index (χ3n) is 4.27. The van der Waals surface area contributed by atoms with Gasteiger partial charge in [-0.1, -0.05) is 12.1 Å². The predicted molar refractivity (Wildman–Crippen MR) is 102 cm³/mol. The molecule has 0 unspecified atom stereocenters. The zero-order valence-corrected chi connectivity index (χ0v) is 16.0. The van der Waals surface area contributed by atoms with Crippen LogP contribution in [0.5, 0.6) is 0 Å². The highest BCUT2D eigenvalue weighted by Gasteiger charge is 2.30. The van der Waals surface area contributed by atoms with Crippen LogP contribution in [-0.4, -0.2) is 70.1 Å². The van der Waals surface area contributed by atoms with Gasteiger partial charge in [0, 0.05) is 18.8 Å². The van der Waals surface area contributed by atoms with E-state index in [4.69, 9.17) is 9.47 Å². The number of methoxy groups -OCH3 is 1. The number of hydrogen-bond acceptors (Lipinski definition) is 8. The number of hydrogen-bond donors (Lipinski definition) is 0. The molecule has 1 aliphatic rings. The summed E-state index contributed by atoms with van der Waals surface area (Å²) in [5.74, 6) is -0.907. The summed E-state index contributed by atoms with van der Waals surface area (Å²) >= 11 is 1.42. The second kappa shape index (κ2) is 8.87. The van der Waals surface area contributed by atoms with E-state index in [2.05, 4.69) is 4.98 Å². The number of thioether (sulfide) groups is 1. The molecule has 1 atom stereocenters. The zero-order chi connectivity index (χ0) is 20.1. The normalized spacial score (nSPS) is 16.6. The van der Waals surface area contributed by atoms with Crippen molar-refractivity contribution in [3.63, 3.8) is 0 Å². The number of fused-ring (bicyclic) bond motifs is 1. The number of carbonyl (C=O) groups excluding carboxylic acids is 3. The zero-order valence-electron chi connectivity index (χ0n) is 15.2. The van der Waals surface area contributed by atoms with E-state index < -0.39 is 23.7 Å². The van der Waals surface area contributed by atoms with Crippen molar-refractivity contribution in [3.05, 3.63) is 40.9 Å². The van der Waals surface area contributed by atoms with Crippen molar-refractivity contribution in [1.82, 2.24) is 14.5 Å². The Bertz CT molecular complexity index is 960. The van der Waals surface area contributed by atoms with E-state index in [0.717, 1.165) is 4.57 Å². The highest BCUT2D eigenvalue weighted by Crippen LogP contribution is 2.19. The first-order valence-corrected chi connectivity index (χ1v) is 9.61. The van der Waals surface area contributed by atoms with Gasteiger partial charge < -0.3 is 14.4 Å². The monoisotopic (exact) mass is 405 g/mol. The Morgan fingerprint density at radius 2 is 2.07 bits per heavy atom. The molecule has 1 aromatic carbocycles. The summed E-state index contributed by atoms with van der Waals surface area (Å²) in [6.07, 6.45) is 1.27. The van der Waals surface area contributed by atoms with Crippen molar-refractivity contribution in [1.29, 1.82) is 0 Å². The smallest absolute Gasteiger partial charge is 0.326 e. The number of carbonyl (C=O) groups is 3. The summed E-state index contributed by atoms with van der Waals surface area (Å²) in [6, 6.07) is 6.81. The van der Waals surface area contributed by atoms with Crippen LogP contribution in [-0.2, 0) is 30.4 Å². The molecule has 1 saturated heterocycles. The Balaban J connectivity index is 1.56. The molecule has 2 aromatic rings. The molecule has 10 heteroatoms. The van der Waals surface area contributed by atoms with Gasteiger partial charge in [0.25, 0.3) is 11.5 Å². The van der Waals surface area contributed by atoms with Crippen LogP contribution < -0.4 is 5.56 Å². The van der Waals surface area contributed by atoms with E-state index >= 15 is 0 Å². The molecular formula is C18H19N3O6S. The molecule has 148 valence electrons. The summed E-state index contributed by atoms with van der Waals surface area (Å²) in [7, 11) is 1.30. The predicted octanol–water partition coefficient (Wildman–Crippen LogP) is 0.0567. The van der Waals surface area contributed by atoms with Gasteiger partial charge in [-0.2, -0.15) is 0 Å². The van der Waals surface area contributed by atoms with Gasteiger partial charge in [0.15, 0.2) is 6.61 Å². The van der Waals surface area contributed by atoms with Gasteiger partial charge in [-0.25, -0.2) is 4.98 Å². The molecule has 0 saturated carbocycles. The molecule has 0 radical (unpaired) electrons. The Kier molecular flexibility index (Phi) is 6.30. The largest absolute Gasteiger partial charge is 0.468 e. The Morgan fingerprint density at radius 3 is 2.86 bits per heavy atom. The maximum absolute atomic E-state index is 12.4. The Hall–Kier alpha value is -2.88. The standard InChI is InChI=1S/C18H19N3O6S/c1-26-18(25)14-8-20(6-7-28-14)15(22)10-27-16(23)9-21-11-19-13-5-3-2-4-12(13)17(21)24/h2-5,11,14H,6-10H2,1H3/t14-/m0/s1.